The van der Waals surface area contributed by atoms with Crippen LogP contribution in [0.1, 0.15) is 32.8 Å². The van der Waals surface area contributed by atoms with E-state index in [0.29, 0.717) is 5.56 Å². The van der Waals surface area contributed by atoms with Gasteiger partial charge < -0.3 is 19.9 Å². The van der Waals surface area contributed by atoms with E-state index in [1.54, 1.807) is 20.8 Å². The van der Waals surface area contributed by atoms with Crippen molar-refractivity contribution in [2.75, 3.05) is 0 Å². The molecule has 1 amide bonds. The average Bonchev–Trinajstić information content (AvgIpc) is 2.50. The predicted octanol–water partition coefficient (Wildman–Crippen LogP) is 2.01. The van der Waals surface area contributed by atoms with Gasteiger partial charge in [-0.2, -0.15) is 0 Å². The number of nitro benzene ring substituents is 1. The molecule has 0 aliphatic carbocycles. The SMILES string of the molecule is CC(C)(C)OC(=O)N[C@H](CC(=O)OCc1ccc([N+](=O)[O-])cc1)C(=O)O. The molecule has 1 aromatic carbocycles. The van der Waals surface area contributed by atoms with E-state index in [2.05, 4.69) is 5.32 Å². The summed E-state index contributed by atoms with van der Waals surface area (Å²) >= 11 is 0. The average molecular weight is 368 g/mol. The maximum Gasteiger partial charge on any atom is 0.408 e. The number of hydrogen-bond acceptors (Lipinski definition) is 7. The van der Waals surface area contributed by atoms with Crippen LogP contribution in [-0.4, -0.2) is 39.7 Å². The second-order valence-corrected chi connectivity index (χ2v) is 6.33. The number of carboxylic acid groups (broad SMARTS) is 1. The number of rotatable bonds is 7. The lowest BCUT2D eigenvalue weighted by Crippen LogP contribution is -2.44. The number of hydrogen-bond donors (Lipinski definition) is 2. The van der Waals surface area contributed by atoms with Crippen molar-refractivity contribution < 1.29 is 33.9 Å². The first-order valence-electron chi connectivity index (χ1n) is 7.59. The van der Waals surface area contributed by atoms with Gasteiger partial charge in [0.25, 0.3) is 5.69 Å². The highest BCUT2D eigenvalue weighted by Gasteiger charge is 2.26. The summed E-state index contributed by atoms with van der Waals surface area (Å²) in [5, 5.41) is 21.7. The fourth-order valence-corrected chi connectivity index (χ4v) is 1.75. The van der Waals surface area contributed by atoms with Gasteiger partial charge in [0, 0.05) is 12.1 Å². The number of non-ortho nitro benzene ring substituents is 1. The second kappa shape index (κ2) is 8.79. The summed E-state index contributed by atoms with van der Waals surface area (Å²) in [6.45, 7) is 4.65. The number of nitrogens with zero attached hydrogens (tertiary/aromatic N) is 1. The van der Waals surface area contributed by atoms with Crippen LogP contribution in [0.25, 0.3) is 0 Å². The fourth-order valence-electron chi connectivity index (χ4n) is 1.75. The lowest BCUT2D eigenvalue weighted by atomic mass is 10.2. The monoisotopic (exact) mass is 368 g/mol. The van der Waals surface area contributed by atoms with Gasteiger partial charge >= 0.3 is 18.0 Å². The predicted molar refractivity (Wildman–Crippen MR) is 88.3 cm³/mol. The zero-order valence-corrected chi connectivity index (χ0v) is 14.6. The van der Waals surface area contributed by atoms with Crippen molar-refractivity contribution >= 4 is 23.7 Å². The highest BCUT2D eigenvalue weighted by Crippen LogP contribution is 2.13. The lowest BCUT2D eigenvalue weighted by molar-refractivity contribution is -0.384. The Bertz CT molecular complexity index is 678. The molecule has 10 heteroatoms. The van der Waals surface area contributed by atoms with E-state index in [9.17, 15) is 24.5 Å². The quantitative estimate of drug-likeness (QED) is 0.422. The molecule has 0 radical (unpaired) electrons. The van der Waals surface area contributed by atoms with Crippen molar-refractivity contribution in [2.24, 2.45) is 0 Å². The van der Waals surface area contributed by atoms with Gasteiger partial charge in [0.05, 0.1) is 11.3 Å². The topological polar surface area (TPSA) is 145 Å². The standard InChI is InChI=1S/C16H20N2O8/c1-16(2,3)26-15(22)17-12(14(20)21)8-13(19)25-9-10-4-6-11(7-5-10)18(23)24/h4-7,12H,8-9H2,1-3H3,(H,17,22)(H,20,21)/t12-/m1/s1. The number of carbonyl (C=O) groups excluding carboxylic acids is 2. The zero-order valence-electron chi connectivity index (χ0n) is 14.6. The van der Waals surface area contributed by atoms with Crippen LogP contribution < -0.4 is 5.32 Å². The van der Waals surface area contributed by atoms with Gasteiger partial charge in [0.2, 0.25) is 0 Å². The Balaban J connectivity index is 2.55. The molecular formula is C16H20N2O8. The van der Waals surface area contributed by atoms with Crippen LogP contribution in [0.15, 0.2) is 24.3 Å². The van der Waals surface area contributed by atoms with Gasteiger partial charge in [0.15, 0.2) is 0 Å². The molecule has 0 saturated carbocycles. The van der Waals surface area contributed by atoms with Crippen LogP contribution in [-0.2, 0) is 25.7 Å². The number of benzene rings is 1. The third kappa shape index (κ3) is 7.60. The van der Waals surface area contributed by atoms with E-state index >= 15 is 0 Å². The summed E-state index contributed by atoms with van der Waals surface area (Å²) in [4.78, 5) is 44.6. The van der Waals surface area contributed by atoms with E-state index in [0.717, 1.165) is 0 Å². The number of carbonyl (C=O) groups is 3. The maximum atomic E-state index is 11.8. The van der Waals surface area contributed by atoms with Crippen LogP contribution >= 0.6 is 0 Å². The van der Waals surface area contributed by atoms with Crippen LogP contribution in [0.4, 0.5) is 10.5 Å². The molecule has 1 atom stereocenters. The summed E-state index contributed by atoms with van der Waals surface area (Å²) in [6.07, 6.45) is -1.56. The van der Waals surface area contributed by atoms with Crippen molar-refractivity contribution in [3.8, 4) is 0 Å². The van der Waals surface area contributed by atoms with Crippen LogP contribution in [0.5, 0.6) is 0 Å². The molecule has 1 rings (SSSR count). The Morgan fingerprint density at radius 3 is 2.27 bits per heavy atom. The molecule has 0 aliphatic rings. The van der Waals surface area contributed by atoms with Gasteiger partial charge in [-0.05, 0) is 38.5 Å². The van der Waals surface area contributed by atoms with Crippen molar-refractivity contribution in [3.63, 3.8) is 0 Å². The summed E-state index contributed by atoms with van der Waals surface area (Å²) in [5.41, 5.74) is -0.424. The Labute approximate surface area is 149 Å². The largest absolute Gasteiger partial charge is 0.480 e. The van der Waals surface area contributed by atoms with Gasteiger partial charge in [0.1, 0.15) is 18.2 Å². The fraction of sp³-hybridized carbons (Fsp3) is 0.438. The van der Waals surface area contributed by atoms with Crippen molar-refractivity contribution in [2.45, 2.75) is 45.4 Å². The Kier molecular flexibility index (Phi) is 7.06. The molecular weight excluding hydrogens is 348 g/mol. The molecule has 1 aromatic rings. The van der Waals surface area contributed by atoms with E-state index in [-0.39, 0.29) is 12.3 Å². The van der Waals surface area contributed by atoms with E-state index in [4.69, 9.17) is 14.6 Å². The summed E-state index contributed by atoms with van der Waals surface area (Å²) < 4.78 is 9.87. The normalized spacial score (nSPS) is 12.0. The molecule has 0 saturated heterocycles. The zero-order chi connectivity index (χ0) is 19.9. The molecule has 0 aliphatic heterocycles. The lowest BCUT2D eigenvalue weighted by Gasteiger charge is -2.21. The molecule has 0 aromatic heterocycles. The van der Waals surface area contributed by atoms with Gasteiger partial charge in [-0.15, -0.1) is 0 Å². The molecule has 0 unspecified atom stereocenters. The Hall–Kier alpha value is -3.17. The van der Waals surface area contributed by atoms with Gasteiger partial charge in [-0.25, -0.2) is 9.59 Å². The molecule has 0 fully saturated rings. The first-order chi connectivity index (χ1) is 12.0. The Morgan fingerprint density at radius 2 is 1.81 bits per heavy atom. The second-order valence-electron chi connectivity index (χ2n) is 6.33. The smallest absolute Gasteiger partial charge is 0.408 e. The summed E-state index contributed by atoms with van der Waals surface area (Å²) in [6, 6.07) is 3.84. The molecule has 142 valence electrons. The number of carboxylic acids is 1. The Morgan fingerprint density at radius 1 is 1.23 bits per heavy atom. The minimum absolute atomic E-state index is 0.104. The molecule has 2 N–H and O–H groups in total. The molecule has 0 heterocycles. The van der Waals surface area contributed by atoms with Crippen LogP contribution in [0.2, 0.25) is 0 Å². The maximum absolute atomic E-state index is 11.8. The summed E-state index contributed by atoms with van der Waals surface area (Å²) in [7, 11) is 0. The van der Waals surface area contributed by atoms with Crippen LogP contribution in [0, 0.1) is 10.1 Å². The summed E-state index contributed by atoms with van der Waals surface area (Å²) in [5.74, 6) is -2.27. The van der Waals surface area contributed by atoms with Crippen molar-refractivity contribution in [3.05, 3.63) is 39.9 Å². The minimum atomic E-state index is -1.51. The molecule has 26 heavy (non-hydrogen) atoms. The highest BCUT2D eigenvalue weighted by molar-refractivity contribution is 5.85. The van der Waals surface area contributed by atoms with Crippen molar-refractivity contribution in [1.29, 1.82) is 0 Å². The molecule has 0 bridgehead atoms. The first-order valence-corrected chi connectivity index (χ1v) is 7.59. The molecule has 0 spiro atoms. The van der Waals surface area contributed by atoms with Gasteiger partial charge in [-0.3, -0.25) is 14.9 Å². The third-order valence-electron chi connectivity index (χ3n) is 2.91. The van der Waals surface area contributed by atoms with E-state index < -0.39 is 41.0 Å². The first kappa shape index (κ1) is 20.9. The van der Waals surface area contributed by atoms with E-state index in [1.165, 1.54) is 24.3 Å². The number of amides is 1. The van der Waals surface area contributed by atoms with Crippen molar-refractivity contribution in [1.82, 2.24) is 5.32 Å². The number of aliphatic carboxylic acids is 1. The van der Waals surface area contributed by atoms with Crippen LogP contribution in [0.3, 0.4) is 0 Å². The number of esters is 1. The number of nitro groups is 1. The highest BCUT2D eigenvalue weighted by atomic mass is 16.6. The molecule has 10 nitrogen and oxygen atoms in total. The minimum Gasteiger partial charge on any atom is -0.480 e. The van der Waals surface area contributed by atoms with Gasteiger partial charge in [-0.1, -0.05) is 0 Å². The number of nitrogens with one attached hydrogen (secondary N) is 1. The number of alkyl carbamates (subject to hydrolysis) is 1. The third-order valence-corrected chi connectivity index (χ3v) is 2.91. The van der Waals surface area contributed by atoms with E-state index in [1.807, 2.05) is 0 Å². The number of ether oxygens (including phenoxy) is 2.